The van der Waals surface area contributed by atoms with Crippen molar-refractivity contribution < 1.29 is 4.74 Å². The van der Waals surface area contributed by atoms with Crippen LogP contribution in [-0.4, -0.2) is 25.8 Å². The van der Waals surface area contributed by atoms with Gasteiger partial charge in [-0.3, -0.25) is 0 Å². The van der Waals surface area contributed by atoms with Gasteiger partial charge in [0.1, 0.15) is 0 Å². The summed E-state index contributed by atoms with van der Waals surface area (Å²) >= 11 is 0. The smallest absolute Gasteiger partial charge is 0.0468 e. The van der Waals surface area contributed by atoms with E-state index in [2.05, 4.69) is 12.2 Å². The number of hydrogen-bond donors (Lipinski definition) is 1. The van der Waals surface area contributed by atoms with Gasteiger partial charge in [-0.1, -0.05) is 13.3 Å². The summed E-state index contributed by atoms with van der Waals surface area (Å²) in [4.78, 5) is 0. The average Bonchev–Trinajstić information content (AvgIpc) is 2.83. The van der Waals surface area contributed by atoms with Crippen molar-refractivity contribution in [3.63, 3.8) is 0 Å². The van der Waals surface area contributed by atoms with Crippen LogP contribution >= 0.6 is 0 Å². The second-order valence-electron chi connectivity index (χ2n) is 6.29. The molecule has 1 N–H and O–H groups in total. The fourth-order valence-electron chi connectivity index (χ4n) is 4.45. The number of hydrogen-bond acceptors (Lipinski definition) is 2. The van der Waals surface area contributed by atoms with Crippen LogP contribution < -0.4 is 5.32 Å². The molecule has 0 radical (unpaired) electrons. The second kappa shape index (κ2) is 5.27. The summed E-state index contributed by atoms with van der Waals surface area (Å²) in [7, 11) is 0. The summed E-state index contributed by atoms with van der Waals surface area (Å²) in [5.74, 6) is 4.15. The predicted molar refractivity (Wildman–Crippen MR) is 69.9 cm³/mol. The molecule has 1 heterocycles. The molecule has 0 spiro atoms. The molecule has 0 aromatic carbocycles. The lowest BCUT2D eigenvalue weighted by molar-refractivity contribution is 0.0592. The molecule has 3 aliphatic rings. The van der Waals surface area contributed by atoms with E-state index in [0.29, 0.717) is 0 Å². The first-order valence-electron chi connectivity index (χ1n) is 7.71. The van der Waals surface area contributed by atoms with Gasteiger partial charge in [-0.15, -0.1) is 0 Å². The molecule has 0 amide bonds. The van der Waals surface area contributed by atoms with Crippen LogP contribution in [0.2, 0.25) is 0 Å². The van der Waals surface area contributed by atoms with E-state index < -0.39 is 0 Å². The molecule has 3 rings (SSSR count). The topological polar surface area (TPSA) is 21.3 Å². The molecular formula is C15H27NO. The zero-order valence-electron chi connectivity index (χ0n) is 11.2. The van der Waals surface area contributed by atoms with Gasteiger partial charge in [0, 0.05) is 19.3 Å². The minimum absolute atomic E-state index is 0.818. The molecule has 3 fully saturated rings. The first-order chi connectivity index (χ1) is 8.40. The van der Waals surface area contributed by atoms with Crippen molar-refractivity contribution in [1.29, 1.82) is 0 Å². The zero-order valence-corrected chi connectivity index (χ0v) is 11.2. The van der Waals surface area contributed by atoms with Gasteiger partial charge in [0.15, 0.2) is 0 Å². The Morgan fingerprint density at radius 2 is 1.82 bits per heavy atom. The van der Waals surface area contributed by atoms with Crippen LogP contribution in [0.3, 0.4) is 0 Å². The fraction of sp³-hybridized carbons (Fsp3) is 1.00. The van der Waals surface area contributed by atoms with Crippen molar-refractivity contribution in [2.75, 3.05) is 19.8 Å². The maximum atomic E-state index is 5.47. The molecule has 17 heavy (non-hydrogen) atoms. The molecule has 2 nitrogen and oxygen atoms in total. The fourth-order valence-corrected chi connectivity index (χ4v) is 4.45. The molecule has 98 valence electrons. The molecule has 1 aliphatic heterocycles. The van der Waals surface area contributed by atoms with Crippen LogP contribution in [0.4, 0.5) is 0 Å². The van der Waals surface area contributed by atoms with Gasteiger partial charge < -0.3 is 10.1 Å². The highest BCUT2D eigenvalue weighted by atomic mass is 16.5. The third-order valence-corrected chi connectivity index (χ3v) is 5.33. The van der Waals surface area contributed by atoms with Crippen LogP contribution in [0.1, 0.15) is 45.4 Å². The minimum Gasteiger partial charge on any atom is -0.381 e. The first-order valence-corrected chi connectivity index (χ1v) is 7.71. The Kier molecular flexibility index (Phi) is 3.72. The molecule has 2 aliphatic carbocycles. The molecule has 3 atom stereocenters. The number of nitrogens with one attached hydrogen (secondary N) is 1. The molecule has 0 aromatic heterocycles. The third kappa shape index (κ3) is 2.53. The van der Waals surface area contributed by atoms with Crippen LogP contribution in [0.15, 0.2) is 0 Å². The molecular weight excluding hydrogens is 210 g/mol. The Labute approximate surface area is 105 Å². The minimum atomic E-state index is 0.818. The number of rotatable bonds is 5. The SMILES string of the molecule is CCNC(CC1CCOCC1)C1C2CCCC21. The van der Waals surface area contributed by atoms with E-state index >= 15 is 0 Å². The first kappa shape index (κ1) is 12.0. The molecule has 2 saturated carbocycles. The highest BCUT2D eigenvalue weighted by Gasteiger charge is 2.55. The maximum absolute atomic E-state index is 5.47. The third-order valence-electron chi connectivity index (χ3n) is 5.33. The van der Waals surface area contributed by atoms with Crippen LogP contribution in [0.25, 0.3) is 0 Å². The van der Waals surface area contributed by atoms with Crippen molar-refractivity contribution in [2.24, 2.45) is 23.7 Å². The van der Waals surface area contributed by atoms with E-state index in [1.807, 2.05) is 0 Å². The Morgan fingerprint density at radius 3 is 2.47 bits per heavy atom. The summed E-state index contributed by atoms with van der Waals surface area (Å²) in [5, 5.41) is 3.78. The standard InChI is InChI=1S/C15H27NO/c1-2-16-14(10-11-6-8-17-9-7-11)15-12-4-3-5-13(12)15/h11-16H,2-10H2,1H3. The molecule has 0 bridgehead atoms. The average molecular weight is 237 g/mol. The van der Waals surface area contributed by atoms with Gasteiger partial charge >= 0.3 is 0 Å². The summed E-state index contributed by atoms with van der Waals surface area (Å²) < 4.78 is 5.47. The Bertz CT molecular complexity index is 239. The quantitative estimate of drug-likeness (QED) is 0.794. The number of ether oxygens (including phenoxy) is 1. The largest absolute Gasteiger partial charge is 0.381 e. The highest BCUT2D eigenvalue weighted by molar-refractivity contribution is 5.06. The summed E-state index contributed by atoms with van der Waals surface area (Å²) in [5.41, 5.74) is 0. The Hall–Kier alpha value is -0.0800. The zero-order chi connectivity index (χ0) is 11.7. The van der Waals surface area contributed by atoms with Gasteiger partial charge in [-0.25, -0.2) is 0 Å². The van der Waals surface area contributed by atoms with Crippen molar-refractivity contribution in [3.05, 3.63) is 0 Å². The monoisotopic (exact) mass is 237 g/mol. The molecule has 3 unspecified atom stereocenters. The number of fused-ring (bicyclic) bond motifs is 1. The van der Waals surface area contributed by atoms with Crippen molar-refractivity contribution >= 4 is 0 Å². The van der Waals surface area contributed by atoms with Gasteiger partial charge in [0.05, 0.1) is 0 Å². The van der Waals surface area contributed by atoms with Crippen molar-refractivity contribution in [2.45, 2.75) is 51.5 Å². The van der Waals surface area contributed by atoms with E-state index in [-0.39, 0.29) is 0 Å². The van der Waals surface area contributed by atoms with Gasteiger partial charge in [-0.05, 0) is 62.3 Å². The Morgan fingerprint density at radius 1 is 1.12 bits per heavy atom. The van der Waals surface area contributed by atoms with Gasteiger partial charge in [0.25, 0.3) is 0 Å². The summed E-state index contributed by atoms with van der Waals surface area (Å²) in [6.45, 7) is 5.40. The van der Waals surface area contributed by atoms with Crippen molar-refractivity contribution in [3.8, 4) is 0 Å². The van der Waals surface area contributed by atoms with E-state index in [9.17, 15) is 0 Å². The lowest BCUT2D eigenvalue weighted by Crippen LogP contribution is -2.35. The highest BCUT2D eigenvalue weighted by Crippen LogP contribution is 2.59. The Balaban J connectivity index is 1.53. The molecule has 2 heteroatoms. The van der Waals surface area contributed by atoms with Crippen LogP contribution in [-0.2, 0) is 4.74 Å². The van der Waals surface area contributed by atoms with Gasteiger partial charge in [0.2, 0.25) is 0 Å². The predicted octanol–water partition coefficient (Wildman–Crippen LogP) is 2.83. The summed E-state index contributed by atoms with van der Waals surface area (Å²) in [6, 6.07) is 0.818. The molecule has 1 saturated heterocycles. The van der Waals surface area contributed by atoms with E-state index in [1.54, 1.807) is 0 Å². The lowest BCUT2D eigenvalue weighted by atomic mass is 9.88. The van der Waals surface area contributed by atoms with E-state index in [4.69, 9.17) is 4.74 Å². The van der Waals surface area contributed by atoms with Crippen LogP contribution in [0, 0.1) is 23.7 Å². The summed E-state index contributed by atoms with van der Waals surface area (Å²) in [6.07, 6.45) is 8.54. The van der Waals surface area contributed by atoms with Crippen molar-refractivity contribution in [1.82, 2.24) is 5.32 Å². The van der Waals surface area contributed by atoms with Crippen LogP contribution in [0.5, 0.6) is 0 Å². The lowest BCUT2D eigenvalue weighted by Gasteiger charge is -2.28. The van der Waals surface area contributed by atoms with Gasteiger partial charge in [-0.2, -0.15) is 0 Å². The maximum Gasteiger partial charge on any atom is 0.0468 e. The second-order valence-corrected chi connectivity index (χ2v) is 6.29. The normalized spacial score (nSPS) is 39.0. The van der Waals surface area contributed by atoms with E-state index in [1.165, 1.54) is 38.5 Å². The molecule has 0 aromatic rings. The van der Waals surface area contributed by atoms with E-state index in [0.717, 1.165) is 49.5 Å².